The molecular weight excluding hydrogens is 508 g/mol. The number of carbonyl (C=O) groups excluding carboxylic acids is 3. The minimum atomic E-state index is -1.23. The molecule has 2 aliphatic rings. The molecule has 1 aromatic carbocycles. The van der Waals surface area contributed by atoms with E-state index >= 15 is 0 Å². The average Bonchev–Trinajstić information content (AvgIpc) is 3.54. The van der Waals surface area contributed by atoms with E-state index in [4.69, 9.17) is 0 Å². The lowest BCUT2D eigenvalue weighted by Gasteiger charge is -2.49. The molecule has 0 bridgehead atoms. The lowest BCUT2D eigenvalue weighted by molar-refractivity contribution is -0.150. The zero-order chi connectivity index (χ0) is 24.5. The predicted octanol–water partition coefficient (Wildman–Crippen LogP) is 2.90. The quantitative estimate of drug-likeness (QED) is 0.404. The normalized spacial score (nSPS) is 19.1. The Labute approximate surface area is 211 Å². The molecule has 2 unspecified atom stereocenters. The van der Waals surface area contributed by atoms with Gasteiger partial charge in [0.15, 0.2) is 5.13 Å². The number of thiazole rings is 1. The molecular formula is C23H18N4O5S3. The van der Waals surface area contributed by atoms with Gasteiger partial charge in [-0.1, -0.05) is 35.6 Å². The van der Waals surface area contributed by atoms with Crippen molar-refractivity contribution in [1.29, 1.82) is 0 Å². The van der Waals surface area contributed by atoms with Crippen molar-refractivity contribution in [3.8, 4) is 0 Å². The minimum absolute atomic E-state index is 0.118. The highest BCUT2D eigenvalue weighted by Gasteiger charge is 2.54. The number of amides is 3. The monoisotopic (exact) mass is 526 g/mol. The van der Waals surface area contributed by atoms with E-state index in [9.17, 15) is 24.3 Å². The largest absolute Gasteiger partial charge is 0.477 e. The number of aromatic nitrogens is 1. The Bertz CT molecular complexity index is 1340. The molecule has 2 atom stereocenters. The maximum atomic E-state index is 12.9. The van der Waals surface area contributed by atoms with Gasteiger partial charge in [0.2, 0.25) is 5.91 Å². The second-order valence-corrected chi connectivity index (χ2v) is 10.9. The van der Waals surface area contributed by atoms with Gasteiger partial charge in [0, 0.05) is 28.0 Å². The number of nitrogens with one attached hydrogen (secondary N) is 2. The van der Waals surface area contributed by atoms with Gasteiger partial charge in [-0.05, 0) is 23.6 Å². The number of nitrogens with zero attached hydrogens (tertiary/aromatic N) is 2. The molecule has 3 N–H and O–H groups in total. The highest BCUT2D eigenvalue weighted by molar-refractivity contribution is 8.00. The summed E-state index contributed by atoms with van der Waals surface area (Å²) in [5.41, 5.74) is 0.810. The van der Waals surface area contributed by atoms with E-state index in [1.54, 1.807) is 24.3 Å². The van der Waals surface area contributed by atoms with E-state index in [-0.39, 0.29) is 23.9 Å². The van der Waals surface area contributed by atoms with E-state index in [2.05, 4.69) is 15.6 Å². The third-order valence-electron chi connectivity index (χ3n) is 5.46. The molecule has 3 aromatic rings. The Balaban J connectivity index is 1.32. The first-order chi connectivity index (χ1) is 16.9. The second kappa shape index (κ2) is 9.64. The fraction of sp³-hybridized carbons (Fsp3) is 0.174. The fourth-order valence-electron chi connectivity index (χ4n) is 3.83. The molecule has 0 radical (unpaired) electrons. The number of thiophene rings is 1. The number of hydrogen-bond donors (Lipinski definition) is 3. The number of β-lactam (4-membered cyclic amide) rings is 1. The topological polar surface area (TPSA) is 129 Å². The Morgan fingerprint density at radius 3 is 2.66 bits per heavy atom. The van der Waals surface area contributed by atoms with Crippen molar-refractivity contribution in [2.45, 2.75) is 17.8 Å². The SMILES string of the molecule is O=C(Cc1cccs1)NC1C(=O)N2C(C(=O)O)=C(c3cnc(NC(=O)c4ccccc4)s3)CSC12. The van der Waals surface area contributed by atoms with Crippen molar-refractivity contribution in [1.82, 2.24) is 15.2 Å². The highest BCUT2D eigenvalue weighted by Crippen LogP contribution is 2.44. The van der Waals surface area contributed by atoms with Gasteiger partial charge in [-0.3, -0.25) is 24.6 Å². The molecule has 3 amide bonds. The summed E-state index contributed by atoms with van der Waals surface area (Å²) >= 11 is 3.98. The van der Waals surface area contributed by atoms with E-state index < -0.39 is 23.3 Å². The van der Waals surface area contributed by atoms with Gasteiger partial charge in [-0.2, -0.15) is 0 Å². The number of carboxylic acid groups (broad SMARTS) is 1. The van der Waals surface area contributed by atoms with Crippen LogP contribution in [0.2, 0.25) is 0 Å². The molecule has 1 fully saturated rings. The van der Waals surface area contributed by atoms with Crippen LogP contribution >= 0.6 is 34.4 Å². The molecule has 0 spiro atoms. The molecule has 2 aliphatic heterocycles. The molecule has 0 saturated carbocycles. The molecule has 2 aromatic heterocycles. The number of thioether (sulfide) groups is 1. The second-order valence-electron chi connectivity index (χ2n) is 7.69. The molecule has 178 valence electrons. The lowest BCUT2D eigenvalue weighted by Crippen LogP contribution is -2.70. The molecule has 12 heteroatoms. The van der Waals surface area contributed by atoms with Crippen molar-refractivity contribution in [3.63, 3.8) is 0 Å². The van der Waals surface area contributed by atoms with Crippen molar-refractivity contribution >= 4 is 68.8 Å². The summed E-state index contributed by atoms with van der Waals surface area (Å²) in [6, 6.07) is 11.6. The smallest absolute Gasteiger partial charge is 0.353 e. The molecule has 0 aliphatic carbocycles. The molecule has 35 heavy (non-hydrogen) atoms. The predicted molar refractivity (Wildman–Crippen MR) is 134 cm³/mol. The first-order valence-corrected chi connectivity index (χ1v) is 13.2. The average molecular weight is 527 g/mol. The number of rotatable bonds is 7. The summed E-state index contributed by atoms with van der Waals surface area (Å²) in [5, 5.41) is 17.1. The van der Waals surface area contributed by atoms with Crippen LogP contribution in [-0.2, 0) is 20.8 Å². The summed E-state index contributed by atoms with van der Waals surface area (Å²) < 4.78 is 0. The number of aliphatic carboxylic acids is 1. The molecule has 5 rings (SSSR count). The Morgan fingerprint density at radius 2 is 1.94 bits per heavy atom. The summed E-state index contributed by atoms with van der Waals surface area (Å²) in [5.74, 6) is -1.97. The third kappa shape index (κ3) is 4.59. The van der Waals surface area contributed by atoms with Crippen LogP contribution in [0.3, 0.4) is 0 Å². The summed E-state index contributed by atoms with van der Waals surface area (Å²) in [6.45, 7) is 0. The van der Waals surface area contributed by atoms with E-state index in [1.807, 2.05) is 23.6 Å². The summed E-state index contributed by atoms with van der Waals surface area (Å²) in [7, 11) is 0. The van der Waals surface area contributed by atoms with E-state index in [0.717, 1.165) is 16.2 Å². The van der Waals surface area contributed by atoms with Gasteiger partial charge in [0.1, 0.15) is 17.1 Å². The van der Waals surface area contributed by atoms with Crippen LogP contribution < -0.4 is 10.6 Å². The Hall–Kier alpha value is -3.48. The minimum Gasteiger partial charge on any atom is -0.477 e. The zero-order valence-electron chi connectivity index (χ0n) is 18.0. The lowest BCUT2D eigenvalue weighted by atomic mass is 10.0. The number of fused-ring (bicyclic) bond motifs is 1. The number of hydrogen-bond acceptors (Lipinski definition) is 8. The standard InChI is InChI=1S/C23H18N4O5S3/c28-16(9-13-7-4-8-33-13)25-17-20(30)27-18(22(31)32)14(11-34-21(17)27)15-10-24-23(35-15)26-19(29)12-5-2-1-3-6-12/h1-8,10,17,21H,9,11H2,(H,25,28)(H,31,32)(H,24,26,29). The molecule has 9 nitrogen and oxygen atoms in total. The van der Waals surface area contributed by atoms with Crippen LogP contribution in [0.25, 0.3) is 5.57 Å². The van der Waals surface area contributed by atoms with Crippen molar-refractivity contribution in [2.24, 2.45) is 0 Å². The third-order valence-corrected chi connectivity index (χ3v) is 8.59. The van der Waals surface area contributed by atoms with Gasteiger partial charge in [-0.15, -0.1) is 23.1 Å². The molecule has 4 heterocycles. The van der Waals surface area contributed by atoms with Crippen LogP contribution in [0.1, 0.15) is 20.1 Å². The summed E-state index contributed by atoms with van der Waals surface area (Å²) in [6.07, 6.45) is 1.67. The van der Waals surface area contributed by atoms with Crippen LogP contribution in [0.5, 0.6) is 0 Å². The maximum absolute atomic E-state index is 12.9. The van der Waals surface area contributed by atoms with Crippen molar-refractivity contribution in [2.75, 3.05) is 11.1 Å². The Kier molecular flexibility index (Phi) is 6.41. The number of carboxylic acids is 1. The maximum Gasteiger partial charge on any atom is 0.353 e. The fourth-order valence-corrected chi connectivity index (χ4v) is 6.85. The molecule has 1 saturated heterocycles. The van der Waals surface area contributed by atoms with Crippen molar-refractivity contribution < 1.29 is 24.3 Å². The zero-order valence-corrected chi connectivity index (χ0v) is 20.4. The van der Waals surface area contributed by atoms with Gasteiger partial charge in [0.05, 0.1) is 11.3 Å². The number of anilines is 1. The van der Waals surface area contributed by atoms with Gasteiger partial charge >= 0.3 is 5.97 Å². The van der Waals surface area contributed by atoms with E-state index in [0.29, 0.717) is 26.9 Å². The van der Waals surface area contributed by atoms with Crippen LogP contribution in [0, 0.1) is 0 Å². The Morgan fingerprint density at radius 1 is 1.14 bits per heavy atom. The van der Waals surface area contributed by atoms with Crippen LogP contribution in [-0.4, -0.2) is 55.8 Å². The number of carbonyl (C=O) groups is 4. The van der Waals surface area contributed by atoms with Crippen LogP contribution in [0.15, 0.2) is 59.7 Å². The first-order valence-electron chi connectivity index (χ1n) is 10.5. The first kappa shape index (κ1) is 23.3. The van der Waals surface area contributed by atoms with Crippen LogP contribution in [0.4, 0.5) is 5.13 Å². The number of benzene rings is 1. The van der Waals surface area contributed by atoms with Gasteiger partial charge in [-0.25, -0.2) is 9.78 Å². The van der Waals surface area contributed by atoms with Crippen molar-refractivity contribution in [3.05, 3.63) is 75.1 Å². The highest BCUT2D eigenvalue weighted by atomic mass is 32.2. The van der Waals surface area contributed by atoms with Gasteiger partial charge in [0.25, 0.3) is 11.8 Å². The van der Waals surface area contributed by atoms with Gasteiger partial charge < -0.3 is 10.4 Å². The summed E-state index contributed by atoms with van der Waals surface area (Å²) in [4.78, 5) is 56.7. The van der Waals surface area contributed by atoms with E-state index in [1.165, 1.54) is 34.2 Å².